The SMILES string of the molecule is CN(CC#N)CCC(=O)N1CCc2ccccc21. The van der Waals surface area contributed by atoms with E-state index < -0.39 is 0 Å². The van der Waals surface area contributed by atoms with Crippen LogP contribution in [0, 0.1) is 11.3 Å². The summed E-state index contributed by atoms with van der Waals surface area (Å²) >= 11 is 0. The minimum absolute atomic E-state index is 0.143. The van der Waals surface area contributed by atoms with Gasteiger partial charge in [-0.1, -0.05) is 18.2 Å². The third-order valence-corrected chi connectivity index (χ3v) is 3.24. The maximum atomic E-state index is 12.1. The Labute approximate surface area is 107 Å². The zero-order chi connectivity index (χ0) is 13.0. The molecule has 1 heterocycles. The third-order valence-electron chi connectivity index (χ3n) is 3.24. The number of para-hydroxylation sites is 1. The molecule has 2 rings (SSSR count). The number of carbonyl (C=O) groups is 1. The van der Waals surface area contributed by atoms with Crippen molar-refractivity contribution in [3.8, 4) is 6.07 Å². The van der Waals surface area contributed by atoms with Gasteiger partial charge in [0.1, 0.15) is 0 Å². The van der Waals surface area contributed by atoms with Gasteiger partial charge in [0.15, 0.2) is 0 Å². The van der Waals surface area contributed by atoms with Crippen LogP contribution in [0.15, 0.2) is 24.3 Å². The number of nitrogens with zero attached hydrogens (tertiary/aromatic N) is 3. The summed E-state index contributed by atoms with van der Waals surface area (Å²) in [5.41, 5.74) is 2.29. The van der Waals surface area contributed by atoms with Crippen molar-refractivity contribution in [1.82, 2.24) is 4.90 Å². The van der Waals surface area contributed by atoms with Crippen LogP contribution >= 0.6 is 0 Å². The van der Waals surface area contributed by atoms with Gasteiger partial charge in [-0.3, -0.25) is 9.69 Å². The lowest BCUT2D eigenvalue weighted by Crippen LogP contribution is -2.32. The van der Waals surface area contributed by atoms with Crippen molar-refractivity contribution in [3.05, 3.63) is 29.8 Å². The molecule has 94 valence electrons. The van der Waals surface area contributed by atoms with Crippen molar-refractivity contribution in [2.75, 3.05) is 31.6 Å². The number of benzene rings is 1. The molecule has 1 aliphatic heterocycles. The summed E-state index contributed by atoms with van der Waals surface area (Å²) in [5, 5.41) is 8.56. The molecule has 0 bridgehead atoms. The molecule has 0 atom stereocenters. The second-order valence-electron chi connectivity index (χ2n) is 4.57. The van der Waals surface area contributed by atoms with Gasteiger partial charge in [0.05, 0.1) is 12.6 Å². The summed E-state index contributed by atoms with van der Waals surface area (Å²) in [6.07, 6.45) is 1.41. The number of nitriles is 1. The fourth-order valence-electron chi connectivity index (χ4n) is 2.22. The van der Waals surface area contributed by atoms with E-state index in [4.69, 9.17) is 5.26 Å². The molecule has 18 heavy (non-hydrogen) atoms. The fourth-order valence-corrected chi connectivity index (χ4v) is 2.22. The van der Waals surface area contributed by atoms with E-state index in [-0.39, 0.29) is 5.91 Å². The first-order chi connectivity index (χ1) is 8.72. The summed E-state index contributed by atoms with van der Waals surface area (Å²) in [4.78, 5) is 15.9. The maximum absolute atomic E-state index is 12.1. The number of amides is 1. The summed E-state index contributed by atoms with van der Waals surface area (Å²) in [6, 6.07) is 10.1. The molecular weight excluding hydrogens is 226 g/mol. The first-order valence-corrected chi connectivity index (χ1v) is 6.16. The van der Waals surface area contributed by atoms with E-state index in [9.17, 15) is 4.79 Å². The van der Waals surface area contributed by atoms with E-state index in [1.165, 1.54) is 5.56 Å². The van der Waals surface area contributed by atoms with Crippen LogP contribution in [-0.2, 0) is 11.2 Å². The van der Waals surface area contributed by atoms with Crippen molar-refractivity contribution < 1.29 is 4.79 Å². The molecule has 0 aliphatic carbocycles. The van der Waals surface area contributed by atoms with Crippen LogP contribution in [-0.4, -0.2) is 37.5 Å². The van der Waals surface area contributed by atoms with Crippen LogP contribution in [0.5, 0.6) is 0 Å². The van der Waals surface area contributed by atoms with Gasteiger partial charge in [-0.05, 0) is 25.1 Å². The molecule has 0 radical (unpaired) electrons. The molecule has 0 unspecified atom stereocenters. The van der Waals surface area contributed by atoms with E-state index in [2.05, 4.69) is 12.1 Å². The number of rotatable bonds is 4. The minimum atomic E-state index is 0.143. The van der Waals surface area contributed by atoms with Crippen molar-refractivity contribution >= 4 is 11.6 Å². The van der Waals surface area contributed by atoms with Gasteiger partial charge in [0.2, 0.25) is 5.91 Å². The number of hydrogen-bond acceptors (Lipinski definition) is 3. The van der Waals surface area contributed by atoms with E-state index in [0.29, 0.717) is 19.5 Å². The Morgan fingerprint density at radius 1 is 1.50 bits per heavy atom. The van der Waals surface area contributed by atoms with E-state index >= 15 is 0 Å². The quantitative estimate of drug-likeness (QED) is 0.751. The maximum Gasteiger partial charge on any atom is 0.228 e. The standard InChI is InChI=1S/C14H17N3O/c1-16(11-8-15)9-7-14(18)17-10-6-12-4-2-3-5-13(12)17/h2-5H,6-7,9-11H2,1H3. The van der Waals surface area contributed by atoms with Crippen LogP contribution in [0.25, 0.3) is 0 Å². The Bertz CT molecular complexity index is 478. The molecule has 1 aliphatic rings. The largest absolute Gasteiger partial charge is 0.312 e. The molecule has 0 saturated heterocycles. The highest BCUT2D eigenvalue weighted by Gasteiger charge is 2.23. The summed E-state index contributed by atoms with van der Waals surface area (Å²) in [7, 11) is 1.86. The van der Waals surface area contributed by atoms with Crippen LogP contribution in [0.2, 0.25) is 0 Å². The predicted molar refractivity (Wildman–Crippen MR) is 70.2 cm³/mol. The number of carbonyl (C=O) groups excluding carboxylic acids is 1. The highest BCUT2D eigenvalue weighted by Crippen LogP contribution is 2.27. The Hall–Kier alpha value is -1.86. The van der Waals surface area contributed by atoms with Crippen molar-refractivity contribution in [2.45, 2.75) is 12.8 Å². The molecular formula is C14H17N3O. The summed E-state index contributed by atoms with van der Waals surface area (Å²) in [5.74, 6) is 0.143. The zero-order valence-electron chi connectivity index (χ0n) is 10.6. The normalized spacial score (nSPS) is 13.5. The first-order valence-electron chi connectivity index (χ1n) is 6.16. The lowest BCUT2D eigenvalue weighted by Gasteiger charge is -2.19. The van der Waals surface area contributed by atoms with Crippen molar-refractivity contribution in [2.24, 2.45) is 0 Å². The monoisotopic (exact) mass is 243 g/mol. The van der Waals surface area contributed by atoms with Crippen molar-refractivity contribution in [1.29, 1.82) is 5.26 Å². The molecule has 0 fully saturated rings. The first kappa shape index (κ1) is 12.6. The molecule has 0 N–H and O–H groups in total. The van der Waals surface area contributed by atoms with Gasteiger partial charge in [0.25, 0.3) is 0 Å². The van der Waals surface area contributed by atoms with Gasteiger partial charge in [-0.15, -0.1) is 0 Å². The molecule has 0 aromatic heterocycles. The fraction of sp³-hybridized carbons (Fsp3) is 0.429. The second-order valence-corrected chi connectivity index (χ2v) is 4.57. The third kappa shape index (κ3) is 2.69. The van der Waals surface area contributed by atoms with E-state index in [1.807, 2.05) is 35.0 Å². The van der Waals surface area contributed by atoms with Crippen LogP contribution < -0.4 is 4.90 Å². The van der Waals surface area contributed by atoms with Gasteiger partial charge in [-0.2, -0.15) is 5.26 Å². The van der Waals surface area contributed by atoms with Crippen molar-refractivity contribution in [3.63, 3.8) is 0 Å². The van der Waals surface area contributed by atoms with Gasteiger partial charge in [-0.25, -0.2) is 0 Å². The molecule has 0 spiro atoms. The lowest BCUT2D eigenvalue weighted by atomic mass is 10.2. The highest BCUT2D eigenvalue weighted by atomic mass is 16.2. The minimum Gasteiger partial charge on any atom is -0.312 e. The molecule has 0 saturated carbocycles. The molecule has 4 heteroatoms. The number of fused-ring (bicyclic) bond motifs is 1. The Morgan fingerprint density at radius 2 is 2.28 bits per heavy atom. The number of hydrogen-bond donors (Lipinski definition) is 0. The van der Waals surface area contributed by atoms with Gasteiger partial charge in [0, 0.05) is 25.2 Å². The highest BCUT2D eigenvalue weighted by molar-refractivity contribution is 5.95. The van der Waals surface area contributed by atoms with Gasteiger partial charge < -0.3 is 4.90 Å². The molecule has 4 nitrogen and oxygen atoms in total. The van der Waals surface area contributed by atoms with Gasteiger partial charge >= 0.3 is 0 Å². The summed E-state index contributed by atoms with van der Waals surface area (Å²) < 4.78 is 0. The predicted octanol–water partition coefficient (Wildman–Crippen LogP) is 1.42. The Balaban J connectivity index is 1.94. The number of anilines is 1. The lowest BCUT2D eigenvalue weighted by molar-refractivity contribution is -0.118. The van der Waals surface area contributed by atoms with E-state index in [1.54, 1.807) is 0 Å². The van der Waals surface area contributed by atoms with Crippen LogP contribution in [0.3, 0.4) is 0 Å². The van der Waals surface area contributed by atoms with Crippen LogP contribution in [0.1, 0.15) is 12.0 Å². The Morgan fingerprint density at radius 3 is 3.06 bits per heavy atom. The van der Waals surface area contributed by atoms with E-state index in [0.717, 1.165) is 18.7 Å². The topological polar surface area (TPSA) is 47.3 Å². The molecule has 1 aromatic rings. The van der Waals surface area contributed by atoms with Crippen LogP contribution in [0.4, 0.5) is 5.69 Å². The second kappa shape index (κ2) is 5.65. The average molecular weight is 243 g/mol. The Kier molecular flexibility index (Phi) is 3.96. The smallest absolute Gasteiger partial charge is 0.228 e. The average Bonchev–Trinajstić information content (AvgIpc) is 2.80. The molecule has 1 aromatic carbocycles. The summed E-state index contributed by atoms with van der Waals surface area (Å²) in [6.45, 7) is 1.77. The zero-order valence-corrected chi connectivity index (χ0v) is 10.6. The molecule has 1 amide bonds.